The van der Waals surface area contributed by atoms with Crippen LogP contribution >= 0.6 is 27.7 Å². The molecule has 110 valence electrons. The molecule has 2 aromatic rings. The number of nitrogens with one attached hydrogen (secondary N) is 1. The SMILES string of the molecule is CCCc1nc(CSc2cccc(Br)c2)nc2c1CNC2. The zero-order valence-electron chi connectivity index (χ0n) is 12.0. The van der Waals surface area contributed by atoms with E-state index in [1.54, 1.807) is 11.8 Å². The van der Waals surface area contributed by atoms with Crippen molar-refractivity contribution >= 4 is 27.7 Å². The number of aryl methyl sites for hydroxylation is 1. The average molecular weight is 364 g/mol. The van der Waals surface area contributed by atoms with Crippen molar-refractivity contribution in [2.75, 3.05) is 0 Å². The predicted molar refractivity (Wildman–Crippen MR) is 90.3 cm³/mol. The number of benzene rings is 1. The van der Waals surface area contributed by atoms with Crippen molar-refractivity contribution < 1.29 is 0 Å². The van der Waals surface area contributed by atoms with Gasteiger partial charge in [0.15, 0.2) is 0 Å². The minimum absolute atomic E-state index is 0.820. The summed E-state index contributed by atoms with van der Waals surface area (Å²) in [6, 6.07) is 8.35. The highest BCUT2D eigenvalue weighted by Crippen LogP contribution is 2.26. The highest BCUT2D eigenvalue weighted by Gasteiger charge is 2.18. The van der Waals surface area contributed by atoms with Crippen LogP contribution in [-0.4, -0.2) is 9.97 Å². The lowest BCUT2D eigenvalue weighted by Crippen LogP contribution is -2.05. The van der Waals surface area contributed by atoms with Crippen LogP contribution in [0.15, 0.2) is 33.6 Å². The van der Waals surface area contributed by atoms with Crippen molar-refractivity contribution in [1.29, 1.82) is 0 Å². The Morgan fingerprint density at radius 3 is 3.00 bits per heavy atom. The van der Waals surface area contributed by atoms with Crippen LogP contribution in [0.5, 0.6) is 0 Å². The van der Waals surface area contributed by atoms with Crippen LogP contribution in [0, 0.1) is 0 Å². The minimum Gasteiger partial charge on any atom is -0.307 e. The van der Waals surface area contributed by atoms with Crippen LogP contribution in [0.1, 0.15) is 36.1 Å². The summed E-state index contributed by atoms with van der Waals surface area (Å²) in [5.41, 5.74) is 3.75. The summed E-state index contributed by atoms with van der Waals surface area (Å²) in [5.74, 6) is 1.77. The molecule has 1 N–H and O–H groups in total. The fourth-order valence-electron chi connectivity index (χ4n) is 2.51. The lowest BCUT2D eigenvalue weighted by Gasteiger charge is -2.09. The summed E-state index contributed by atoms with van der Waals surface area (Å²) in [7, 11) is 0. The maximum Gasteiger partial charge on any atom is 0.139 e. The number of aromatic nitrogens is 2. The van der Waals surface area contributed by atoms with Gasteiger partial charge in [0.2, 0.25) is 0 Å². The first kappa shape index (κ1) is 15.0. The maximum atomic E-state index is 4.79. The maximum absolute atomic E-state index is 4.79. The van der Waals surface area contributed by atoms with Gasteiger partial charge in [-0.2, -0.15) is 0 Å². The Morgan fingerprint density at radius 1 is 1.29 bits per heavy atom. The number of hydrogen-bond acceptors (Lipinski definition) is 4. The van der Waals surface area contributed by atoms with Gasteiger partial charge in [-0.05, 0) is 24.6 Å². The predicted octanol–water partition coefficient (Wildman–Crippen LogP) is 4.09. The van der Waals surface area contributed by atoms with Crippen LogP contribution < -0.4 is 5.32 Å². The normalized spacial score (nSPS) is 13.4. The number of thioether (sulfide) groups is 1. The van der Waals surface area contributed by atoms with E-state index in [2.05, 4.69) is 46.4 Å². The van der Waals surface area contributed by atoms with E-state index in [1.807, 2.05) is 6.07 Å². The molecule has 0 spiro atoms. The zero-order chi connectivity index (χ0) is 14.7. The molecule has 0 radical (unpaired) electrons. The van der Waals surface area contributed by atoms with E-state index in [0.29, 0.717) is 0 Å². The molecular formula is C16H18BrN3S. The highest BCUT2D eigenvalue weighted by atomic mass is 79.9. The lowest BCUT2D eigenvalue weighted by atomic mass is 10.1. The molecule has 1 aromatic carbocycles. The first-order valence-corrected chi connectivity index (χ1v) is 9.00. The molecule has 1 aliphatic rings. The summed E-state index contributed by atoms with van der Waals surface area (Å²) in [4.78, 5) is 10.8. The van der Waals surface area contributed by atoms with Crippen molar-refractivity contribution in [3.63, 3.8) is 0 Å². The first-order valence-electron chi connectivity index (χ1n) is 7.23. The van der Waals surface area contributed by atoms with E-state index >= 15 is 0 Å². The third-order valence-corrected chi connectivity index (χ3v) is 4.95. The van der Waals surface area contributed by atoms with Crippen molar-refractivity contribution in [3.8, 4) is 0 Å². The largest absolute Gasteiger partial charge is 0.307 e. The van der Waals surface area contributed by atoms with E-state index in [0.717, 1.165) is 42.0 Å². The van der Waals surface area contributed by atoms with Gasteiger partial charge < -0.3 is 5.32 Å². The molecule has 0 saturated heterocycles. The number of hydrogen-bond donors (Lipinski definition) is 1. The molecule has 21 heavy (non-hydrogen) atoms. The monoisotopic (exact) mass is 363 g/mol. The number of fused-ring (bicyclic) bond motifs is 1. The summed E-state index contributed by atoms with van der Waals surface area (Å²) in [6.07, 6.45) is 2.17. The molecule has 0 saturated carbocycles. The van der Waals surface area contributed by atoms with Crippen molar-refractivity contribution in [2.45, 2.75) is 43.5 Å². The third-order valence-electron chi connectivity index (χ3n) is 3.47. The van der Waals surface area contributed by atoms with Crippen LogP contribution in [0.25, 0.3) is 0 Å². The van der Waals surface area contributed by atoms with Gasteiger partial charge in [-0.15, -0.1) is 11.8 Å². The average Bonchev–Trinajstić information content (AvgIpc) is 2.94. The van der Waals surface area contributed by atoms with Gasteiger partial charge in [0.05, 0.1) is 11.4 Å². The molecule has 0 aliphatic carbocycles. The zero-order valence-corrected chi connectivity index (χ0v) is 14.4. The Kier molecular flexibility index (Phi) is 4.93. The van der Waals surface area contributed by atoms with Gasteiger partial charge in [-0.25, -0.2) is 9.97 Å². The Balaban J connectivity index is 1.78. The molecule has 3 nitrogen and oxygen atoms in total. The summed E-state index contributed by atoms with van der Waals surface area (Å²) in [6.45, 7) is 4.00. The molecule has 0 atom stereocenters. The molecule has 0 amide bonds. The lowest BCUT2D eigenvalue weighted by molar-refractivity contribution is 0.753. The van der Waals surface area contributed by atoms with E-state index in [-0.39, 0.29) is 0 Å². The summed E-state index contributed by atoms with van der Waals surface area (Å²) in [5, 5.41) is 3.38. The Bertz CT molecular complexity index is 645. The van der Waals surface area contributed by atoms with Gasteiger partial charge in [0.1, 0.15) is 5.82 Å². The number of nitrogens with zero attached hydrogens (tertiary/aromatic N) is 2. The second-order valence-electron chi connectivity index (χ2n) is 5.11. The molecular weight excluding hydrogens is 346 g/mol. The molecule has 1 aliphatic heterocycles. The molecule has 3 rings (SSSR count). The van der Waals surface area contributed by atoms with Crippen LogP contribution in [0.3, 0.4) is 0 Å². The Labute approximate surface area is 138 Å². The second kappa shape index (κ2) is 6.90. The fourth-order valence-corrected chi connectivity index (χ4v) is 3.87. The molecule has 2 heterocycles. The van der Waals surface area contributed by atoms with Gasteiger partial charge in [0.25, 0.3) is 0 Å². The van der Waals surface area contributed by atoms with Gasteiger partial charge >= 0.3 is 0 Å². The van der Waals surface area contributed by atoms with Crippen LogP contribution in [-0.2, 0) is 25.3 Å². The number of halogens is 1. The topological polar surface area (TPSA) is 37.8 Å². The van der Waals surface area contributed by atoms with Crippen molar-refractivity contribution in [2.24, 2.45) is 0 Å². The Morgan fingerprint density at radius 2 is 2.19 bits per heavy atom. The molecule has 0 bridgehead atoms. The van der Waals surface area contributed by atoms with Gasteiger partial charge in [0, 0.05) is 33.7 Å². The minimum atomic E-state index is 0.820. The molecule has 0 fully saturated rings. The smallest absolute Gasteiger partial charge is 0.139 e. The highest BCUT2D eigenvalue weighted by molar-refractivity contribution is 9.10. The van der Waals surface area contributed by atoms with Gasteiger partial charge in [-0.3, -0.25) is 0 Å². The standard InChI is InChI=1S/C16H18BrN3S/c1-2-4-14-13-8-18-9-15(13)20-16(19-14)10-21-12-6-3-5-11(17)7-12/h3,5-7,18H,2,4,8-10H2,1H3. The number of rotatable bonds is 5. The van der Waals surface area contributed by atoms with E-state index in [4.69, 9.17) is 9.97 Å². The Hall–Kier alpha value is -0.910. The van der Waals surface area contributed by atoms with E-state index in [9.17, 15) is 0 Å². The van der Waals surface area contributed by atoms with E-state index in [1.165, 1.54) is 21.8 Å². The van der Waals surface area contributed by atoms with Crippen LogP contribution in [0.4, 0.5) is 0 Å². The van der Waals surface area contributed by atoms with E-state index < -0.39 is 0 Å². The molecule has 5 heteroatoms. The van der Waals surface area contributed by atoms with Crippen LogP contribution in [0.2, 0.25) is 0 Å². The molecule has 1 aromatic heterocycles. The van der Waals surface area contributed by atoms with Crippen molar-refractivity contribution in [1.82, 2.24) is 15.3 Å². The molecule has 0 unspecified atom stereocenters. The third kappa shape index (κ3) is 3.65. The quantitative estimate of drug-likeness (QED) is 0.811. The fraction of sp³-hybridized carbons (Fsp3) is 0.375. The van der Waals surface area contributed by atoms with Gasteiger partial charge in [-0.1, -0.05) is 35.3 Å². The van der Waals surface area contributed by atoms with Crippen molar-refractivity contribution in [3.05, 3.63) is 51.5 Å². The summed E-state index contributed by atoms with van der Waals surface area (Å²) < 4.78 is 1.11. The summed E-state index contributed by atoms with van der Waals surface area (Å²) >= 11 is 5.29. The first-order chi connectivity index (χ1) is 10.3. The second-order valence-corrected chi connectivity index (χ2v) is 7.08.